The smallest absolute Gasteiger partial charge is 0.259 e. The van der Waals surface area contributed by atoms with Crippen LogP contribution in [0.3, 0.4) is 0 Å². The molecule has 1 aliphatic rings. The molecule has 10 nitrogen and oxygen atoms in total. The van der Waals surface area contributed by atoms with Crippen molar-refractivity contribution < 1.29 is 14.3 Å². The normalized spacial score (nSPS) is 14.0. The third-order valence-electron chi connectivity index (χ3n) is 6.93. The average Bonchev–Trinajstić information content (AvgIpc) is 2.93. The monoisotopic (exact) mass is 514 g/mol. The summed E-state index contributed by atoms with van der Waals surface area (Å²) in [5, 5.41) is 4.55. The van der Waals surface area contributed by atoms with Crippen molar-refractivity contribution in [1.82, 2.24) is 24.8 Å². The summed E-state index contributed by atoms with van der Waals surface area (Å²) in [6.45, 7) is 3.67. The van der Waals surface area contributed by atoms with Crippen molar-refractivity contribution in [3.05, 3.63) is 70.4 Å². The van der Waals surface area contributed by atoms with Crippen molar-refractivity contribution in [2.75, 3.05) is 39.2 Å². The lowest BCUT2D eigenvalue weighted by Crippen LogP contribution is -2.39. The van der Waals surface area contributed by atoms with E-state index in [0.717, 1.165) is 42.6 Å². The zero-order valence-electron chi connectivity index (χ0n) is 21.7. The number of fused-ring (bicyclic) bond motifs is 1. The SMILES string of the molecule is COCC(=O)N1CCC(c2ccc(Nc3nc(-c4cncc(OC)n4)cc4cc[nH]c(=O)c34)cc2C)CC1. The van der Waals surface area contributed by atoms with Crippen LogP contribution < -0.4 is 15.6 Å². The fourth-order valence-corrected chi connectivity index (χ4v) is 5.01. The quantitative estimate of drug-likeness (QED) is 0.382. The van der Waals surface area contributed by atoms with Crippen LogP contribution in [0.25, 0.3) is 22.2 Å². The van der Waals surface area contributed by atoms with Crippen molar-refractivity contribution in [2.45, 2.75) is 25.7 Å². The van der Waals surface area contributed by atoms with Gasteiger partial charge in [0.05, 0.1) is 30.6 Å². The number of piperidine rings is 1. The lowest BCUT2D eigenvalue weighted by Gasteiger charge is -2.32. The lowest BCUT2D eigenvalue weighted by molar-refractivity contribution is -0.136. The molecular weight excluding hydrogens is 484 g/mol. The van der Waals surface area contributed by atoms with E-state index in [1.54, 1.807) is 19.5 Å². The minimum atomic E-state index is -0.233. The molecule has 5 rings (SSSR count). The number of benzene rings is 1. The molecule has 196 valence electrons. The second kappa shape index (κ2) is 11.0. The Morgan fingerprint density at radius 1 is 1.11 bits per heavy atom. The fraction of sp³-hybridized carbons (Fsp3) is 0.321. The minimum Gasteiger partial charge on any atom is -0.480 e. The topological polar surface area (TPSA) is 122 Å². The number of carbonyl (C=O) groups is 1. The average molecular weight is 515 g/mol. The molecule has 1 aromatic carbocycles. The molecule has 0 spiro atoms. The predicted molar refractivity (Wildman–Crippen MR) is 145 cm³/mol. The number of ether oxygens (including phenoxy) is 2. The first-order valence-corrected chi connectivity index (χ1v) is 12.5. The van der Waals surface area contributed by atoms with Crippen LogP contribution in [-0.4, -0.2) is 64.7 Å². The van der Waals surface area contributed by atoms with Crippen LogP contribution in [0.15, 0.2) is 53.7 Å². The van der Waals surface area contributed by atoms with Gasteiger partial charge in [-0.1, -0.05) is 6.07 Å². The van der Waals surface area contributed by atoms with Crippen molar-refractivity contribution >= 4 is 28.2 Å². The maximum atomic E-state index is 12.8. The predicted octanol–water partition coefficient (Wildman–Crippen LogP) is 3.79. The summed E-state index contributed by atoms with van der Waals surface area (Å²) in [7, 11) is 3.08. The molecule has 0 radical (unpaired) electrons. The summed E-state index contributed by atoms with van der Waals surface area (Å²) < 4.78 is 10.2. The molecule has 10 heteroatoms. The van der Waals surface area contributed by atoms with E-state index in [1.807, 2.05) is 23.1 Å². The summed E-state index contributed by atoms with van der Waals surface area (Å²) in [6.07, 6.45) is 6.58. The summed E-state index contributed by atoms with van der Waals surface area (Å²) in [5.41, 5.74) is 4.11. The summed E-state index contributed by atoms with van der Waals surface area (Å²) in [4.78, 5) is 42.9. The van der Waals surface area contributed by atoms with Crippen LogP contribution >= 0.6 is 0 Å². The third kappa shape index (κ3) is 5.21. The number of amides is 1. The molecule has 0 atom stereocenters. The molecule has 1 fully saturated rings. The number of nitrogens with zero attached hydrogens (tertiary/aromatic N) is 4. The number of nitrogens with one attached hydrogen (secondary N) is 2. The van der Waals surface area contributed by atoms with Crippen LogP contribution in [0.4, 0.5) is 11.5 Å². The molecule has 0 bridgehead atoms. The van der Waals surface area contributed by atoms with Gasteiger partial charge in [0, 0.05) is 32.1 Å². The highest BCUT2D eigenvalue weighted by atomic mass is 16.5. The van der Waals surface area contributed by atoms with Crippen molar-refractivity contribution in [3.63, 3.8) is 0 Å². The molecule has 1 amide bonds. The number of aromatic nitrogens is 4. The first-order chi connectivity index (χ1) is 18.5. The first kappa shape index (κ1) is 25.3. The maximum Gasteiger partial charge on any atom is 0.259 e. The van der Waals surface area contributed by atoms with Gasteiger partial charge in [-0.25, -0.2) is 9.97 Å². The van der Waals surface area contributed by atoms with Crippen molar-refractivity contribution in [3.8, 4) is 17.3 Å². The number of H-pyrrole nitrogens is 1. The molecule has 38 heavy (non-hydrogen) atoms. The highest BCUT2D eigenvalue weighted by Crippen LogP contribution is 2.33. The molecule has 1 saturated heterocycles. The van der Waals surface area contributed by atoms with E-state index in [1.165, 1.54) is 18.9 Å². The molecule has 2 N–H and O–H groups in total. The molecule has 1 aliphatic heterocycles. The molecule has 3 aromatic heterocycles. The number of carbonyl (C=O) groups excluding carboxylic acids is 1. The zero-order valence-corrected chi connectivity index (χ0v) is 21.7. The molecular formula is C28H30N6O4. The van der Waals surface area contributed by atoms with Gasteiger partial charge < -0.3 is 24.7 Å². The second-order valence-corrected chi connectivity index (χ2v) is 9.36. The highest BCUT2D eigenvalue weighted by molar-refractivity contribution is 5.95. The summed E-state index contributed by atoms with van der Waals surface area (Å²) in [5.74, 6) is 1.23. The van der Waals surface area contributed by atoms with Crippen LogP contribution in [0.5, 0.6) is 5.88 Å². The highest BCUT2D eigenvalue weighted by Gasteiger charge is 2.24. The van der Waals surface area contributed by atoms with Crippen LogP contribution in [0, 0.1) is 6.92 Å². The van der Waals surface area contributed by atoms with Crippen LogP contribution in [0.1, 0.15) is 29.9 Å². The number of hydrogen-bond donors (Lipinski definition) is 2. The van der Waals surface area contributed by atoms with E-state index in [-0.39, 0.29) is 18.1 Å². The van der Waals surface area contributed by atoms with E-state index in [0.29, 0.717) is 34.4 Å². The Morgan fingerprint density at radius 2 is 1.92 bits per heavy atom. The van der Waals surface area contributed by atoms with E-state index in [4.69, 9.17) is 14.5 Å². The maximum absolute atomic E-state index is 12.8. The fourth-order valence-electron chi connectivity index (χ4n) is 5.01. The number of hydrogen-bond acceptors (Lipinski definition) is 8. The van der Waals surface area contributed by atoms with E-state index < -0.39 is 0 Å². The Labute approximate surface area is 220 Å². The second-order valence-electron chi connectivity index (χ2n) is 9.36. The van der Waals surface area contributed by atoms with Gasteiger partial charge in [-0.15, -0.1) is 0 Å². The minimum absolute atomic E-state index is 0.0408. The van der Waals surface area contributed by atoms with Gasteiger partial charge in [0.1, 0.15) is 18.1 Å². The number of anilines is 2. The van der Waals surface area contributed by atoms with Gasteiger partial charge in [-0.3, -0.25) is 14.6 Å². The number of rotatable bonds is 7. The van der Waals surface area contributed by atoms with Gasteiger partial charge in [0.25, 0.3) is 5.56 Å². The molecule has 4 heterocycles. The molecule has 4 aromatic rings. The number of aryl methyl sites for hydroxylation is 1. The lowest BCUT2D eigenvalue weighted by atomic mass is 9.86. The molecule has 0 aliphatic carbocycles. The Bertz CT molecular complexity index is 1530. The van der Waals surface area contributed by atoms with Gasteiger partial charge in [0.2, 0.25) is 11.8 Å². The largest absolute Gasteiger partial charge is 0.480 e. The number of aromatic amines is 1. The summed E-state index contributed by atoms with van der Waals surface area (Å²) >= 11 is 0. The number of methoxy groups -OCH3 is 2. The molecule has 0 saturated carbocycles. The van der Waals surface area contributed by atoms with Gasteiger partial charge in [-0.05, 0) is 66.5 Å². The Hall–Kier alpha value is -4.31. The van der Waals surface area contributed by atoms with Crippen LogP contribution in [0.2, 0.25) is 0 Å². The zero-order chi connectivity index (χ0) is 26.6. The Morgan fingerprint density at radius 3 is 2.66 bits per heavy atom. The standard InChI is InChI=1S/C28H30N6O4/c1-17-12-20(4-5-21(17)18-7-10-34(11-8-18)25(35)16-37-2)31-27-26-19(6-9-30-28(26)36)13-22(33-27)23-14-29-15-24(32-23)38-3/h4-6,9,12-15,18H,7-8,10-11,16H2,1-3H3,(H,30,36)(H,31,33). The van der Waals surface area contributed by atoms with E-state index in [9.17, 15) is 9.59 Å². The van der Waals surface area contributed by atoms with Gasteiger partial charge in [0.15, 0.2) is 0 Å². The van der Waals surface area contributed by atoms with Gasteiger partial charge >= 0.3 is 0 Å². The van der Waals surface area contributed by atoms with Gasteiger partial charge in [-0.2, -0.15) is 0 Å². The van der Waals surface area contributed by atoms with Crippen molar-refractivity contribution in [2.24, 2.45) is 0 Å². The Kier molecular flexibility index (Phi) is 7.32. The third-order valence-corrected chi connectivity index (χ3v) is 6.93. The number of likely N-dealkylation sites (tertiary alicyclic amines) is 1. The van der Waals surface area contributed by atoms with E-state index in [2.05, 4.69) is 39.3 Å². The van der Waals surface area contributed by atoms with Crippen molar-refractivity contribution in [1.29, 1.82) is 0 Å². The summed E-state index contributed by atoms with van der Waals surface area (Å²) in [6, 6.07) is 9.85. The number of pyridine rings is 2. The Balaban J connectivity index is 1.42. The van der Waals surface area contributed by atoms with Crippen LogP contribution in [-0.2, 0) is 9.53 Å². The first-order valence-electron chi connectivity index (χ1n) is 12.5. The van der Waals surface area contributed by atoms with E-state index >= 15 is 0 Å². The molecule has 0 unspecified atom stereocenters.